The van der Waals surface area contributed by atoms with Crippen molar-refractivity contribution in [3.8, 4) is 0 Å². The van der Waals surface area contributed by atoms with E-state index >= 15 is 0 Å². The van der Waals surface area contributed by atoms with Crippen molar-refractivity contribution >= 4 is 45.9 Å². The van der Waals surface area contributed by atoms with Crippen molar-refractivity contribution in [3.63, 3.8) is 0 Å². The Morgan fingerprint density at radius 2 is 2.08 bits per heavy atom. The van der Waals surface area contributed by atoms with Crippen LogP contribution >= 0.6 is 39.9 Å². The van der Waals surface area contributed by atoms with E-state index in [9.17, 15) is 0 Å². The van der Waals surface area contributed by atoms with Crippen LogP contribution in [0.15, 0.2) is 33.7 Å². The lowest BCUT2D eigenvalue weighted by Gasteiger charge is -2.23. The van der Waals surface area contributed by atoms with E-state index in [1.807, 2.05) is 13.1 Å². The first kappa shape index (κ1) is 23.7. The van der Waals surface area contributed by atoms with Gasteiger partial charge < -0.3 is 19.7 Å². The SMILES string of the molecule is CN=C(NCCCOCC1CCOCC1)N(C)Cc1ccccc1Br.I. The van der Waals surface area contributed by atoms with Crippen molar-refractivity contribution in [3.05, 3.63) is 34.3 Å². The molecule has 0 aliphatic carbocycles. The molecule has 1 N–H and O–H groups in total. The molecular weight excluding hydrogens is 509 g/mol. The normalized spacial score (nSPS) is 15.4. The maximum atomic E-state index is 5.81. The average molecular weight is 540 g/mol. The lowest BCUT2D eigenvalue weighted by Crippen LogP contribution is -2.39. The monoisotopic (exact) mass is 539 g/mol. The van der Waals surface area contributed by atoms with Gasteiger partial charge in [-0.15, -0.1) is 24.0 Å². The zero-order chi connectivity index (χ0) is 17.9. The van der Waals surface area contributed by atoms with Gasteiger partial charge in [0.05, 0.1) is 0 Å². The van der Waals surface area contributed by atoms with Gasteiger partial charge in [0.2, 0.25) is 0 Å². The minimum atomic E-state index is 0. The molecule has 0 spiro atoms. The number of halogens is 2. The van der Waals surface area contributed by atoms with Gasteiger partial charge in [0.15, 0.2) is 5.96 Å². The number of rotatable bonds is 8. The second kappa shape index (κ2) is 13.7. The quantitative estimate of drug-likeness (QED) is 0.235. The van der Waals surface area contributed by atoms with Crippen LogP contribution in [0.5, 0.6) is 0 Å². The van der Waals surface area contributed by atoms with Gasteiger partial charge in [0.25, 0.3) is 0 Å². The molecular formula is C19H31BrIN3O2. The van der Waals surface area contributed by atoms with Gasteiger partial charge in [0.1, 0.15) is 0 Å². The summed E-state index contributed by atoms with van der Waals surface area (Å²) in [6, 6.07) is 8.27. The van der Waals surface area contributed by atoms with Crippen LogP contribution in [0.3, 0.4) is 0 Å². The molecule has 0 radical (unpaired) electrons. The summed E-state index contributed by atoms with van der Waals surface area (Å²) in [5, 5.41) is 3.41. The third kappa shape index (κ3) is 8.54. The molecule has 0 unspecified atom stereocenters. The van der Waals surface area contributed by atoms with E-state index in [2.05, 4.69) is 56.4 Å². The number of benzene rings is 1. The molecule has 26 heavy (non-hydrogen) atoms. The van der Waals surface area contributed by atoms with Crippen molar-refractivity contribution in [1.29, 1.82) is 0 Å². The molecule has 1 heterocycles. The number of hydrogen-bond acceptors (Lipinski definition) is 3. The van der Waals surface area contributed by atoms with E-state index in [1.165, 1.54) is 5.56 Å². The van der Waals surface area contributed by atoms with Crippen molar-refractivity contribution < 1.29 is 9.47 Å². The van der Waals surface area contributed by atoms with E-state index < -0.39 is 0 Å². The fourth-order valence-corrected chi connectivity index (χ4v) is 3.29. The van der Waals surface area contributed by atoms with Gasteiger partial charge in [-0.3, -0.25) is 4.99 Å². The van der Waals surface area contributed by atoms with Crippen LogP contribution in [0.4, 0.5) is 0 Å². The molecule has 1 aromatic rings. The highest BCUT2D eigenvalue weighted by Crippen LogP contribution is 2.17. The van der Waals surface area contributed by atoms with Crippen LogP contribution in [-0.2, 0) is 16.0 Å². The predicted molar refractivity (Wildman–Crippen MR) is 121 cm³/mol. The lowest BCUT2D eigenvalue weighted by atomic mass is 10.0. The van der Waals surface area contributed by atoms with Crippen molar-refractivity contribution in [2.75, 3.05) is 47.1 Å². The Labute approximate surface area is 183 Å². The fraction of sp³-hybridized carbons (Fsp3) is 0.632. The Bertz CT molecular complexity index is 539. The zero-order valence-corrected chi connectivity index (χ0v) is 19.7. The molecule has 5 nitrogen and oxygen atoms in total. The summed E-state index contributed by atoms with van der Waals surface area (Å²) in [5.41, 5.74) is 1.24. The van der Waals surface area contributed by atoms with Gasteiger partial charge in [-0.25, -0.2) is 0 Å². The molecule has 0 saturated carbocycles. The first-order chi connectivity index (χ1) is 12.2. The Balaban J connectivity index is 0.00000338. The summed E-state index contributed by atoms with van der Waals surface area (Å²) >= 11 is 3.60. The standard InChI is InChI=1S/C19H30BrN3O2.HI/c1-21-19(23(2)14-17-6-3-4-7-18(17)20)22-10-5-11-25-15-16-8-12-24-13-9-16;/h3-4,6-7,16H,5,8-15H2,1-2H3,(H,21,22);1H. The summed E-state index contributed by atoms with van der Waals surface area (Å²) in [6.07, 6.45) is 3.24. The number of aliphatic imine (C=N–C) groups is 1. The minimum Gasteiger partial charge on any atom is -0.381 e. The van der Waals surface area contributed by atoms with Crippen LogP contribution in [0, 0.1) is 5.92 Å². The van der Waals surface area contributed by atoms with Crippen molar-refractivity contribution in [2.24, 2.45) is 10.9 Å². The van der Waals surface area contributed by atoms with Crippen LogP contribution in [-0.4, -0.2) is 57.9 Å². The molecule has 1 aliphatic rings. The van der Waals surface area contributed by atoms with Crippen LogP contribution in [0.2, 0.25) is 0 Å². The van der Waals surface area contributed by atoms with E-state index in [-0.39, 0.29) is 24.0 Å². The summed E-state index contributed by atoms with van der Waals surface area (Å²) in [7, 11) is 3.87. The summed E-state index contributed by atoms with van der Waals surface area (Å²) in [4.78, 5) is 6.49. The molecule has 148 valence electrons. The fourth-order valence-electron chi connectivity index (χ4n) is 2.88. The van der Waals surface area contributed by atoms with Gasteiger partial charge in [-0.2, -0.15) is 0 Å². The van der Waals surface area contributed by atoms with Gasteiger partial charge >= 0.3 is 0 Å². The van der Waals surface area contributed by atoms with E-state index in [0.717, 1.165) is 69.2 Å². The Hall–Kier alpha value is -0.380. The zero-order valence-electron chi connectivity index (χ0n) is 15.7. The molecule has 1 aliphatic heterocycles. The van der Waals surface area contributed by atoms with E-state index in [4.69, 9.17) is 9.47 Å². The third-order valence-electron chi connectivity index (χ3n) is 4.38. The van der Waals surface area contributed by atoms with Crippen LogP contribution in [0.25, 0.3) is 0 Å². The highest BCUT2D eigenvalue weighted by Gasteiger charge is 2.13. The largest absolute Gasteiger partial charge is 0.381 e. The van der Waals surface area contributed by atoms with Gasteiger partial charge in [0, 0.05) is 58.1 Å². The molecule has 1 fully saturated rings. The molecule has 1 saturated heterocycles. The first-order valence-electron chi connectivity index (χ1n) is 9.01. The Morgan fingerprint density at radius 3 is 2.77 bits per heavy atom. The number of nitrogens with zero attached hydrogens (tertiary/aromatic N) is 2. The van der Waals surface area contributed by atoms with E-state index in [1.54, 1.807) is 0 Å². The summed E-state index contributed by atoms with van der Waals surface area (Å²) in [5.74, 6) is 1.57. The Kier molecular flexibility index (Phi) is 12.5. The topological polar surface area (TPSA) is 46.1 Å². The number of ether oxygens (including phenoxy) is 2. The molecule has 0 amide bonds. The highest BCUT2D eigenvalue weighted by atomic mass is 127. The predicted octanol–water partition coefficient (Wildman–Crippen LogP) is 3.91. The third-order valence-corrected chi connectivity index (χ3v) is 5.16. The number of hydrogen-bond donors (Lipinski definition) is 1. The second-order valence-corrected chi connectivity index (χ2v) is 7.26. The van der Waals surface area contributed by atoms with Crippen LogP contribution < -0.4 is 5.32 Å². The summed E-state index contributed by atoms with van der Waals surface area (Å²) < 4.78 is 12.3. The average Bonchev–Trinajstić information content (AvgIpc) is 2.64. The first-order valence-corrected chi connectivity index (χ1v) is 9.80. The van der Waals surface area contributed by atoms with Crippen LogP contribution in [0.1, 0.15) is 24.8 Å². The molecule has 7 heteroatoms. The van der Waals surface area contributed by atoms with Crippen molar-refractivity contribution in [1.82, 2.24) is 10.2 Å². The molecule has 0 atom stereocenters. The smallest absolute Gasteiger partial charge is 0.193 e. The summed E-state index contributed by atoms with van der Waals surface area (Å²) in [6.45, 7) is 5.09. The molecule has 0 aromatic heterocycles. The number of guanidine groups is 1. The minimum absolute atomic E-state index is 0. The van der Waals surface area contributed by atoms with E-state index in [0.29, 0.717) is 5.92 Å². The molecule has 0 bridgehead atoms. The molecule has 1 aromatic carbocycles. The number of nitrogens with one attached hydrogen (secondary N) is 1. The van der Waals surface area contributed by atoms with Crippen molar-refractivity contribution in [2.45, 2.75) is 25.8 Å². The van der Waals surface area contributed by atoms with Gasteiger partial charge in [-0.1, -0.05) is 34.1 Å². The lowest BCUT2D eigenvalue weighted by molar-refractivity contribution is 0.0203. The second-order valence-electron chi connectivity index (χ2n) is 6.41. The highest BCUT2D eigenvalue weighted by molar-refractivity contribution is 14.0. The maximum absolute atomic E-state index is 5.81. The van der Waals surface area contributed by atoms with Gasteiger partial charge in [-0.05, 0) is 36.8 Å². The maximum Gasteiger partial charge on any atom is 0.193 e. The molecule has 2 rings (SSSR count). The Morgan fingerprint density at radius 1 is 1.35 bits per heavy atom.